The summed E-state index contributed by atoms with van der Waals surface area (Å²) < 4.78 is 5.10. The van der Waals surface area contributed by atoms with Gasteiger partial charge < -0.3 is 9.84 Å². The molecule has 0 amide bonds. The fourth-order valence-corrected chi connectivity index (χ4v) is 2.69. The highest BCUT2D eigenvalue weighted by molar-refractivity contribution is 7.99. The summed E-state index contributed by atoms with van der Waals surface area (Å²) in [6.07, 6.45) is 2.75. The molecular weight excluding hydrogens is 258 g/mol. The van der Waals surface area contributed by atoms with Gasteiger partial charge in [0.1, 0.15) is 5.75 Å². The van der Waals surface area contributed by atoms with E-state index in [9.17, 15) is 5.11 Å². The lowest BCUT2D eigenvalue weighted by atomic mass is 10.2. The van der Waals surface area contributed by atoms with Gasteiger partial charge in [-0.1, -0.05) is 17.7 Å². The highest BCUT2D eigenvalue weighted by Crippen LogP contribution is 2.26. The second-order valence-corrected chi connectivity index (χ2v) is 5.39. The molecule has 2 aromatic rings. The molecule has 0 aliphatic rings. The Balaban J connectivity index is 1.99. The zero-order valence-electron chi connectivity index (χ0n) is 11.0. The van der Waals surface area contributed by atoms with Crippen molar-refractivity contribution < 1.29 is 9.84 Å². The summed E-state index contributed by atoms with van der Waals surface area (Å²) in [6, 6.07) is 10.1. The van der Waals surface area contributed by atoms with Gasteiger partial charge in [-0.25, -0.2) is 0 Å². The summed E-state index contributed by atoms with van der Waals surface area (Å²) in [5.41, 5.74) is 2.00. The molecule has 0 bridgehead atoms. The summed E-state index contributed by atoms with van der Waals surface area (Å²) >= 11 is 1.63. The van der Waals surface area contributed by atoms with Gasteiger partial charge in [0, 0.05) is 22.4 Å². The minimum atomic E-state index is -0.548. The van der Waals surface area contributed by atoms with Crippen molar-refractivity contribution in [1.29, 1.82) is 0 Å². The van der Waals surface area contributed by atoms with Crippen LogP contribution in [0.25, 0.3) is 0 Å². The summed E-state index contributed by atoms with van der Waals surface area (Å²) in [4.78, 5) is 5.21. The molecule has 1 heterocycles. The molecule has 1 unspecified atom stereocenters. The van der Waals surface area contributed by atoms with Gasteiger partial charge in [-0.15, -0.1) is 11.8 Å². The SMILES string of the molecule is COc1cncc(C(O)CSc2cccc(C)c2)c1. The van der Waals surface area contributed by atoms with E-state index in [2.05, 4.69) is 24.0 Å². The summed E-state index contributed by atoms with van der Waals surface area (Å²) in [5.74, 6) is 1.26. The van der Waals surface area contributed by atoms with Crippen LogP contribution in [0.2, 0.25) is 0 Å². The Morgan fingerprint density at radius 2 is 2.16 bits per heavy atom. The Morgan fingerprint density at radius 3 is 2.89 bits per heavy atom. The first-order valence-corrected chi connectivity index (χ1v) is 7.04. The van der Waals surface area contributed by atoms with E-state index in [1.54, 1.807) is 31.3 Å². The first-order valence-electron chi connectivity index (χ1n) is 6.05. The molecule has 1 N–H and O–H groups in total. The standard InChI is InChI=1S/C15H17NO2S/c1-11-4-3-5-14(6-11)19-10-15(17)12-7-13(18-2)9-16-8-12/h3-9,15,17H,10H2,1-2H3. The van der Waals surface area contributed by atoms with Gasteiger partial charge >= 0.3 is 0 Å². The predicted octanol–water partition coefficient (Wildman–Crippen LogP) is 3.22. The van der Waals surface area contributed by atoms with E-state index in [0.29, 0.717) is 11.5 Å². The van der Waals surface area contributed by atoms with Crippen LogP contribution >= 0.6 is 11.8 Å². The van der Waals surface area contributed by atoms with Crippen LogP contribution in [0.15, 0.2) is 47.6 Å². The van der Waals surface area contributed by atoms with Gasteiger partial charge in [0.25, 0.3) is 0 Å². The second kappa shape index (κ2) is 6.59. The predicted molar refractivity (Wildman–Crippen MR) is 77.7 cm³/mol. The maximum absolute atomic E-state index is 10.2. The van der Waals surface area contributed by atoms with E-state index >= 15 is 0 Å². The topological polar surface area (TPSA) is 42.4 Å². The number of rotatable bonds is 5. The minimum Gasteiger partial charge on any atom is -0.495 e. The largest absolute Gasteiger partial charge is 0.495 e. The lowest BCUT2D eigenvalue weighted by Gasteiger charge is -2.11. The fourth-order valence-electron chi connectivity index (χ4n) is 1.71. The molecular formula is C15H17NO2S. The van der Waals surface area contributed by atoms with Crippen molar-refractivity contribution in [2.45, 2.75) is 17.9 Å². The number of ether oxygens (including phenoxy) is 1. The van der Waals surface area contributed by atoms with Crippen LogP contribution in [0.3, 0.4) is 0 Å². The first-order chi connectivity index (χ1) is 9.19. The first kappa shape index (κ1) is 13.9. The molecule has 1 atom stereocenters. The van der Waals surface area contributed by atoms with Crippen molar-refractivity contribution in [3.05, 3.63) is 53.9 Å². The molecule has 4 heteroatoms. The summed E-state index contributed by atoms with van der Waals surface area (Å²) in [5, 5.41) is 10.2. The van der Waals surface area contributed by atoms with Gasteiger partial charge in [-0.3, -0.25) is 4.98 Å². The van der Waals surface area contributed by atoms with Gasteiger partial charge in [0.15, 0.2) is 0 Å². The zero-order valence-corrected chi connectivity index (χ0v) is 11.9. The van der Waals surface area contributed by atoms with Crippen LogP contribution in [0.1, 0.15) is 17.2 Å². The third-order valence-electron chi connectivity index (χ3n) is 2.75. The number of pyridine rings is 1. The van der Waals surface area contributed by atoms with E-state index in [1.807, 2.05) is 18.2 Å². The maximum Gasteiger partial charge on any atom is 0.137 e. The third kappa shape index (κ3) is 3.98. The van der Waals surface area contributed by atoms with Gasteiger partial charge in [-0.05, 0) is 25.1 Å². The van der Waals surface area contributed by atoms with Crippen molar-refractivity contribution in [1.82, 2.24) is 4.98 Å². The molecule has 19 heavy (non-hydrogen) atoms. The van der Waals surface area contributed by atoms with Gasteiger partial charge in [0.05, 0.1) is 19.4 Å². The molecule has 1 aromatic carbocycles. The van der Waals surface area contributed by atoms with Crippen LogP contribution < -0.4 is 4.74 Å². The van der Waals surface area contributed by atoms with Crippen LogP contribution in [-0.2, 0) is 0 Å². The summed E-state index contributed by atoms with van der Waals surface area (Å²) in [6.45, 7) is 2.06. The highest BCUT2D eigenvalue weighted by atomic mass is 32.2. The quantitative estimate of drug-likeness (QED) is 0.851. The Bertz CT molecular complexity index is 545. The lowest BCUT2D eigenvalue weighted by molar-refractivity contribution is 0.203. The average molecular weight is 275 g/mol. The zero-order chi connectivity index (χ0) is 13.7. The lowest BCUT2D eigenvalue weighted by Crippen LogP contribution is -2.01. The number of thioether (sulfide) groups is 1. The molecule has 0 saturated carbocycles. The van der Waals surface area contributed by atoms with Crippen molar-refractivity contribution in [3.63, 3.8) is 0 Å². The third-order valence-corrected chi connectivity index (χ3v) is 3.82. The molecule has 0 fully saturated rings. The monoisotopic (exact) mass is 275 g/mol. The smallest absolute Gasteiger partial charge is 0.137 e. The number of benzene rings is 1. The molecule has 0 aliphatic heterocycles. The normalized spacial score (nSPS) is 12.2. The number of aliphatic hydroxyl groups excluding tert-OH is 1. The molecule has 100 valence electrons. The minimum absolute atomic E-state index is 0.548. The maximum atomic E-state index is 10.2. The average Bonchev–Trinajstić information content (AvgIpc) is 2.45. The number of hydrogen-bond acceptors (Lipinski definition) is 4. The van der Waals surface area contributed by atoms with E-state index in [1.165, 1.54) is 5.56 Å². The van der Waals surface area contributed by atoms with Crippen molar-refractivity contribution in [2.75, 3.05) is 12.9 Å². The van der Waals surface area contributed by atoms with E-state index in [4.69, 9.17) is 4.74 Å². The Morgan fingerprint density at radius 1 is 1.32 bits per heavy atom. The molecule has 0 aliphatic carbocycles. The van der Waals surface area contributed by atoms with Gasteiger partial charge in [-0.2, -0.15) is 0 Å². The number of aliphatic hydroxyl groups is 1. The van der Waals surface area contributed by atoms with Crippen LogP contribution in [-0.4, -0.2) is 23.0 Å². The molecule has 1 aromatic heterocycles. The number of hydrogen-bond donors (Lipinski definition) is 1. The van der Waals surface area contributed by atoms with Crippen LogP contribution in [0, 0.1) is 6.92 Å². The fraction of sp³-hybridized carbons (Fsp3) is 0.267. The summed E-state index contributed by atoms with van der Waals surface area (Å²) in [7, 11) is 1.59. The Kier molecular flexibility index (Phi) is 4.82. The number of methoxy groups -OCH3 is 1. The van der Waals surface area contributed by atoms with E-state index < -0.39 is 6.10 Å². The van der Waals surface area contributed by atoms with E-state index in [0.717, 1.165) is 10.5 Å². The van der Waals surface area contributed by atoms with Gasteiger partial charge in [0.2, 0.25) is 0 Å². The van der Waals surface area contributed by atoms with Crippen LogP contribution in [0.5, 0.6) is 5.75 Å². The molecule has 3 nitrogen and oxygen atoms in total. The molecule has 2 rings (SSSR count). The van der Waals surface area contributed by atoms with Crippen molar-refractivity contribution >= 4 is 11.8 Å². The number of aryl methyl sites for hydroxylation is 1. The highest BCUT2D eigenvalue weighted by Gasteiger charge is 2.09. The number of nitrogens with zero attached hydrogens (tertiary/aromatic N) is 1. The molecule has 0 saturated heterocycles. The molecule has 0 spiro atoms. The second-order valence-electron chi connectivity index (χ2n) is 4.30. The Labute approximate surface area is 117 Å². The molecule has 0 radical (unpaired) electrons. The van der Waals surface area contributed by atoms with Crippen molar-refractivity contribution in [2.24, 2.45) is 0 Å². The Hall–Kier alpha value is -1.52. The van der Waals surface area contributed by atoms with E-state index in [-0.39, 0.29) is 0 Å². The number of aromatic nitrogens is 1. The van der Waals surface area contributed by atoms with Crippen LogP contribution in [0.4, 0.5) is 0 Å². The van der Waals surface area contributed by atoms with Crippen molar-refractivity contribution in [3.8, 4) is 5.75 Å².